The fourth-order valence-corrected chi connectivity index (χ4v) is 1.03. The van der Waals surface area contributed by atoms with E-state index in [1.54, 1.807) is 0 Å². The van der Waals surface area contributed by atoms with E-state index in [4.69, 9.17) is 5.11 Å². The Morgan fingerprint density at radius 3 is 2.25 bits per heavy atom. The Bertz CT molecular complexity index is 109. The summed E-state index contributed by atoms with van der Waals surface area (Å²) in [7, 11) is 0. The molecule has 1 fully saturated rings. The zero-order chi connectivity index (χ0) is 6.15. The number of hydrogen-bond donors (Lipinski definition) is 1. The molecule has 0 aromatic rings. The molecule has 0 bridgehead atoms. The number of aliphatic carboxylic acids is 1. The van der Waals surface area contributed by atoms with Crippen LogP contribution in [0.5, 0.6) is 0 Å². The minimum absolute atomic E-state index is 0.0324. The molecule has 0 aromatic carbocycles. The van der Waals surface area contributed by atoms with Crippen LogP contribution < -0.4 is 0 Å². The first kappa shape index (κ1) is 5.60. The van der Waals surface area contributed by atoms with Crippen LogP contribution in [0.25, 0.3) is 0 Å². The van der Waals surface area contributed by atoms with Crippen molar-refractivity contribution in [2.24, 2.45) is 11.8 Å². The molecule has 0 amide bonds. The van der Waals surface area contributed by atoms with Gasteiger partial charge < -0.3 is 5.11 Å². The van der Waals surface area contributed by atoms with Gasteiger partial charge in [-0.2, -0.15) is 0 Å². The van der Waals surface area contributed by atoms with E-state index >= 15 is 0 Å². The lowest BCUT2D eigenvalue weighted by Crippen LogP contribution is -2.30. The summed E-state index contributed by atoms with van der Waals surface area (Å²) in [5, 5.41) is 8.40. The molecule has 2 atom stereocenters. The maximum absolute atomic E-state index is 10.2. The second-order valence-electron chi connectivity index (χ2n) is 2.50. The van der Waals surface area contributed by atoms with Crippen LogP contribution in [0.4, 0.5) is 0 Å². The van der Waals surface area contributed by atoms with E-state index in [-0.39, 0.29) is 5.92 Å². The minimum Gasteiger partial charge on any atom is -0.481 e. The van der Waals surface area contributed by atoms with Gasteiger partial charge in [-0.15, -0.1) is 0 Å². The summed E-state index contributed by atoms with van der Waals surface area (Å²) in [6.45, 7) is 1.99. The molecule has 0 spiro atoms. The highest BCUT2D eigenvalue weighted by atomic mass is 16.4. The van der Waals surface area contributed by atoms with Gasteiger partial charge in [0.25, 0.3) is 0 Å². The second-order valence-corrected chi connectivity index (χ2v) is 2.50. The van der Waals surface area contributed by atoms with Gasteiger partial charge in [-0.25, -0.2) is 0 Å². The topological polar surface area (TPSA) is 37.3 Å². The van der Waals surface area contributed by atoms with Crippen molar-refractivity contribution in [1.82, 2.24) is 0 Å². The predicted octanol–water partition coefficient (Wildman–Crippen LogP) is 1.12. The lowest BCUT2D eigenvalue weighted by molar-refractivity contribution is -0.147. The van der Waals surface area contributed by atoms with E-state index in [9.17, 15) is 4.79 Å². The average molecular weight is 114 g/mol. The van der Waals surface area contributed by atoms with Crippen molar-refractivity contribution in [2.45, 2.75) is 19.8 Å². The SMILES string of the molecule is CC1CC[C@H]1C(=O)O. The van der Waals surface area contributed by atoms with Crippen molar-refractivity contribution in [2.75, 3.05) is 0 Å². The Balaban J connectivity index is 2.37. The molecule has 1 N–H and O–H groups in total. The third-order valence-electron chi connectivity index (χ3n) is 1.94. The summed E-state index contributed by atoms with van der Waals surface area (Å²) in [5.74, 6) is -0.230. The molecule has 1 saturated carbocycles. The van der Waals surface area contributed by atoms with Crippen LogP contribution in [0.15, 0.2) is 0 Å². The van der Waals surface area contributed by atoms with E-state index in [1.165, 1.54) is 0 Å². The Morgan fingerprint density at radius 1 is 1.62 bits per heavy atom. The van der Waals surface area contributed by atoms with E-state index in [1.807, 2.05) is 6.92 Å². The molecule has 2 nitrogen and oxygen atoms in total. The fourth-order valence-electron chi connectivity index (χ4n) is 1.03. The van der Waals surface area contributed by atoms with Gasteiger partial charge in [0, 0.05) is 0 Å². The van der Waals surface area contributed by atoms with E-state index in [2.05, 4.69) is 0 Å². The highest BCUT2D eigenvalue weighted by Gasteiger charge is 2.32. The molecule has 46 valence electrons. The third kappa shape index (κ3) is 0.703. The van der Waals surface area contributed by atoms with Crippen molar-refractivity contribution in [1.29, 1.82) is 0 Å². The maximum Gasteiger partial charge on any atom is 0.306 e. The molecule has 2 heteroatoms. The lowest BCUT2D eigenvalue weighted by atomic mass is 9.75. The van der Waals surface area contributed by atoms with E-state index in [0.717, 1.165) is 12.8 Å². The van der Waals surface area contributed by atoms with E-state index < -0.39 is 5.97 Å². The van der Waals surface area contributed by atoms with Crippen molar-refractivity contribution >= 4 is 5.97 Å². The van der Waals surface area contributed by atoms with Gasteiger partial charge in [-0.3, -0.25) is 4.79 Å². The minimum atomic E-state index is -0.622. The standard InChI is InChI=1S/C6H10O2/c1-4-2-3-5(4)6(7)8/h4-5H,2-3H2,1H3,(H,7,8)/t4?,5-/m1/s1. The Labute approximate surface area is 48.5 Å². The van der Waals surface area contributed by atoms with Crippen LogP contribution in [0.2, 0.25) is 0 Å². The summed E-state index contributed by atoms with van der Waals surface area (Å²) >= 11 is 0. The summed E-state index contributed by atoms with van der Waals surface area (Å²) in [6, 6.07) is 0. The summed E-state index contributed by atoms with van der Waals surface area (Å²) in [6.07, 6.45) is 1.98. The smallest absolute Gasteiger partial charge is 0.306 e. The van der Waals surface area contributed by atoms with Gasteiger partial charge >= 0.3 is 5.97 Å². The van der Waals surface area contributed by atoms with Crippen molar-refractivity contribution in [3.05, 3.63) is 0 Å². The van der Waals surface area contributed by atoms with Gasteiger partial charge in [-0.05, 0) is 18.8 Å². The Morgan fingerprint density at radius 2 is 2.25 bits per heavy atom. The van der Waals surface area contributed by atoms with Crippen LogP contribution in [0, 0.1) is 11.8 Å². The molecule has 1 aliphatic rings. The summed E-state index contributed by atoms with van der Waals surface area (Å²) in [4.78, 5) is 10.2. The van der Waals surface area contributed by atoms with E-state index in [0.29, 0.717) is 5.92 Å². The number of carboxylic acid groups (broad SMARTS) is 1. The molecule has 0 saturated heterocycles. The van der Waals surface area contributed by atoms with Crippen LogP contribution >= 0.6 is 0 Å². The molecule has 1 rings (SSSR count). The Hall–Kier alpha value is -0.530. The summed E-state index contributed by atoms with van der Waals surface area (Å²) < 4.78 is 0. The Kier molecular flexibility index (Phi) is 1.24. The number of rotatable bonds is 1. The first-order valence-electron chi connectivity index (χ1n) is 2.94. The monoisotopic (exact) mass is 114 g/mol. The second kappa shape index (κ2) is 1.77. The van der Waals surface area contributed by atoms with Crippen molar-refractivity contribution < 1.29 is 9.90 Å². The molecular weight excluding hydrogens is 104 g/mol. The number of hydrogen-bond acceptors (Lipinski definition) is 1. The van der Waals surface area contributed by atoms with Crippen LogP contribution in [0.1, 0.15) is 19.8 Å². The van der Waals surface area contributed by atoms with Crippen LogP contribution in [0.3, 0.4) is 0 Å². The highest BCUT2D eigenvalue weighted by Crippen LogP contribution is 2.33. The maximum atomic E-state index is 10.2. The van der Waals surface area contributed by atoms with Gasteiger partial charge in [0.05, 0.1) is 5.92 Å². The molecule has 0 heterocycles. The fraction of sp³-hybridized carbons (Fsp3) is 0.833. The molecule has 0 aliphatic heterocycles. The quantitative estimate of drug-likeness (QED) is 0.554. The zero-order valence-corrected chi connectivity index (χ0v) is 4.92. The molecule has 1 aliphatic carbocycles. The van der Waals surface area contributed by atoms with Gasteiger partial charge in [0.2, 0.25) is 0 Å². The van der Waals surface area contributed by atoms with Crippen molar-refractivity contribution in [3.8, 4) is 0 Å². The summed E-state index contributed by atoms with van der Waals surface area (Å²) in [5.41, 5.74) is 0. The molecule has 8 heavy (non-hydrogen) atoms. The zero-order valence-electron chi connectivity index (χ0n) is 4.92. The first-order valence-corrected chi connectivity index (χ1v) is 2.94. The van der Waals surface area contributed by atoms with Crippen LogP contribution in [-0.4, -0.2) is 11.1 Å². The molecule has 1 unspecified atom stereocenters. The third-order valence-corrected chi connectivity index (χ3v) is 1.94. The van der Waals surface area contributed by atoms with Gasteiger partial charge in [0.15, 0.2) is 0 Å². The number of carboxylic acids is 1. The molecule has 0 radical (unpaired) electrons. The highest BCUT2D eigenvalue weighted by molar-refractivity contribution is 5.71. The normalized spacial score (nSPS) is 36.1. The van der Waals surface area contributed by atoms with Crippen LogP contribution in [-0.2, 0) is 4.79 Å². The van der Waals surface area contributed by atoms with Gasteiger partial charge in [0.1, 0.15) is 0 Å². The first-order chi connectivity index (χ1) is 3.72. The van der Waals surface area contributed by atoms with Gasteiger partial charge in [-0.1, -0.05) is 6.92 Å². The molecular formula is C6H10O2. The predicted molar refractivity (Wildman–Crippen MR) is 29.5 cm³/mol. The average Bonchev–Trinajstić information content (AvgIpc) is 1.61. The lowest BCUT2D eigenvalue weighted by Gasteiger charge is -2.29. The number of carbonyl (C=O) groups is 1. The largest absolute Gasteiger partial charge is 0.481 e. The molecule has 0 aromatic heterocycles. The van der Waals surface area contributed by atoms with Crippen molar-refractivity contribution in [3.63, 3.8) is 0 Å².